The minimum absolute atomic E-state index is 0.640. The number of ether oxygens (including phenoxy) is 2. The summed E-state index contributed by atoms with van der Waals surface area (Å²) >= 11 is 0. The topological polar surface area (TPSA) is 79.5 Å². The third-order valence-electron chi connectivity index (χ3n) is 6.20. The van der Waals surface area contributed by atoms with E-state index >= 15 is 0 Å². The normalized spacial score (nSPS) is 12.6. The number of methoxy groups -OCH3 is 1. The summed E-state index contributed by atoms with van der Waals surface area (Å²) < 4.78 is 12.7. The summed E-state index contributed by atoms with van der Waals surface area (Å²) in [4.78, 5) is 13.3. The number of nitrogens with zero attached hydrogens (tertiary/aromatic N) is 3. The van der Waals surface area contributed by atoms with Crippen LogP contribution in [-0.4, -0.2) is 55.8 Å². The quantitative estimate of drug-likeness (QED) is 0.257. The number of nitrogens with one attached hydrogen (secondary N) is 1. The van der Waals surface area contributed by atoms with Crippen LogP contribution in [0.5, 0.6) is 5.75 Å². The van der Waals surface area contributed by atoms with Crippen molar-refractivity contribution < 1.29 is 14.3 Å². The number of hydrogen-bond donors (Lipinski definition) is 1. The molecule has 1 aliphatic heterocycles. The summed E-state index contributed by atoms with van der Waals surface area (Å²) in [6.45, 7) is 13.8. The Morgan fingerprint density at radius 1 is 1.11 bits per heavy atom. The second kappa shape index (κ2) is 16.4. The van der Waals surface area contributed by atoms with Crippen LogP contribution in [0.4, 0.5) is 5.69 Å². The zero-order valence-electron chi connectivity index (χ0n) is 23.0. The lowest BCUT2D eigenvalue weighted by molar-refractivity contribution is -0.105. The molecular formula is C30H42N4O3. The molecule has 0 radical (unpaired) electrons. The average molecular weight is 507 g/mol. The predicted molar refractivity (Wildman–Crippen MR) is 152 cm³/mol. The molecule has 0 spiro atoms. The molecule has 200 valence electrons. The summed E-state index contributed by atoms with van der Waals surface area (Å²) in [5, 5.41) is 13.5. The van der Waals surface area contributed by atoms with Crippen molar-refractivity contribution in [3.63, 3.8) is 0 Å². The Morgan fingerprint density at radius 2 is 1.84 bits per heavy atom. The highest BCUT2D eigenvalue weighted by Gasteiger charge is 2.19. The number of carbonyl (C=O) groups is 1. The van der Waals surface area contributed by atoms with E-state index < -0.39 is 0 Å². The number of carbonyl (C=O) groups excluding carboxylic acids is 1. The number of aryl methyl sites for hydroxylation is 1. The SMILES string of the molecule is CC.CCOC.CCn1c(-c2cccc(NC=O)c2)c(C#N)c2ccc(OCCCN3CCCC3)cc21. The van der Waals surface area contributed by atoms with Crippen molar-refractivity contribution in [3.05, 3.63) is 48.0 Å². The first-order valence-electron chi connectivity index (χ1n) is 13.4. The van der Waals surface area contributed by atoms with Crippen molar-refractivity contribution in [2.75, 3.05) is 45.3 Å². The van der Waals surface area contributed by atoms with Gasteiger partial charge in [0.25, 0.3) is 0 Å². The highest BCUT2D eigenvalue weighted by Crippen LogP contribution is 2.36. The molecule has 0 saturated carbocycles. The van der Waals surface area contributed by atoms with Gasteiger partial charge in [0, 0.05) is 49.5 Å². The number of hydrogen-bond acceptors (Lipinski definition) is 5. The van der Waals surface area contributed by atoms with Crippen LogP contribution in [0.25, 0.3) is 22.2 Å². The van der Waals surface area contributed by atoms with E-state index in [0.29, 0.717) is 24.3 Å². The van der Waals surface area contributed by atoms with Gasteiger partial charge in [-0.25, -0.2) is 0 Å². The molecule has 0 unspecified atom stereocenters. The van der Waals surface area contributed by atoms with E-state index in [2.05, 4.69) is 32.5 Å². The molecule has 2 heterocycles. The first-order valence-corrected chi connectivity index (χ1v) is 13.4. The molecule has 3 aromatic rings. The number of fused-ring (bicyclic) bond motifs is 1. The van der Waals surface area contributed by atoms with Crippen molar-refractivity contribution in [1.29, 1.82) is 5.26 Å². The lowest BCUT2D eigenvalue weighted by Crippen LogP contribution is -2.21. The molecule has 4 rings (SSSR count). The number of aromatic nitrogens is 1. The van der Waals surface area contributed by atoms with Gasteiger partial charge in [0.05, 0.1) is 23.4 Å². The van der Waals surface area contributed by atoms with Crippen molar-refractivity contribution >= 4 is 23.0 Å². The number of amides is 1. The van der Waals surface area contributed by atoms with Crippen LogP contribution in [0.2, 0.25) is 0 Å². The number of rotatable bonds is 10. The second-order valence-corrected chi connectivity index (χ2v) is 8.43. The molecule has 7 heteroatoms. The van der Waals surface area contributed by atoms with E-state index in [9.17, 15) is 10.1 Å². The fraction of sp³-hybridized carbons (Fsp3) is 0.467. The summed E-state index contributed by atoms with van der Waals surface area (Å²) in [7, 11) is 1.68. The number of nitriles is 1. The molecule has 0 atom stereocenters. The summed E-state index contributed by atoms with van der Waals surface area (Å²) in [6.07, 6.45) is 4.29. The molecule has 1 aliphatic rings. The van der Waals surface area contributed by atoms with Gasteiger partial charge in [-0.15, -0.1) is 0 Å². The van der Waals surface area contributed by atoms with Crippen molar-refractivity contribution in [2.45, 2.75) is 53.5 Å². The lowest BCUT2D eigenvalue weighted by Gasteiger charge is -2.14. The van der Waals surface area contributed by atoms with E-state index in [1.165, 1.54) is 25.9 Å². The van der Waals surface area contributed by atoms with Gasteiger partial charge in [-0.05, 0) is 70.5 Å². The van der Waals surface area contributed by atoms with Crippen LogP contribution in [-0.2, 0) is 16.1 Å². The Hall–Kier alpha value is -3.34. The Bertz CT molecular complexity index is 1140. The van der Waals surface area contributed by atoms with Gasteiger partial charge in [0.2, 0.25) is 6.41 Å². The summed E-state index contributed by atoms with van der Waals surface area (Å²) in [5.41, 5.74) is 4.09. The van der Waals surface area contributed by atoms with E-state index in [4.69, 9.17) is 4.74 Å². The molecule has 1 fully saturated rings. The minimum Gasteiger partial charge on any atom is -0.493 e. The standard InChI is InChI=1S/C25H28N4O2.C3H8O.C2H6/c1-2-29-24-16-21(31-14-6-13-28-11-3-4-12-28)9-10-22(24)23(17-26)25(29)19-7-5-8-20(15-19)27-18-30;1-3-4-2;1-2/h5,7-10,15-16,18H,2-4,6,11-14H2,1H3,(H,27,30);3H2,1-2H3;1-2H3. The van der Waals surface area contributed by atoms with Gasteiger partial charge in [0.15, 0.2) is 0 Å². The second-order valence-electron chi connectivity index (χ2n) is 8.43. The highest BCUT2D eigenvalue weighted by atomic mass is 16.5. The molecule has 0 aliphatic carbocycles. The van der Waals surface area contributed by atoms with Crippen LogP contribution in [0, 0.1) is 11.3 Å². The Kier molecular flexibility index (Phi) is 13.3. The fourth-order valence-electron chi connectivity index (χ4n) is 4.47. The van der Waals surface area contributed by atoms with E-state index in [1.807, 2.05) is 63.2 Å². The lowest BCUT2D eigenvalue weighted by atomic mass is 10.1. The third kappa shape index (κ3) is 8.08. The highest BCUT2D eigenvalue weighted by molar-refractivity contribution is 5.95. The molecular weight excluding hydrogens is 464 g/mol. The van der Waals surface area contributed by atoms with Crippen LogP contribution in [0.1, 0.15) is 52.5 Å². The van der Waals surface area contributed by atoms with Gasteiger partial charge in [-0.1, -0.05) is 26.0 Å². The molecule has 7 nitrogen and oxygen atoms in total. The van der Waals surface area contributed by atoms with Crippen molar-refractivity contribution in [1.82, 2.24) is 9.47 Å². The maximum Gasteiger partial charge on any atom is 0.211 e. The largest absolute Gasteiger partial charge is 0.493 e. The fourth-order valence-corrected chi connectivity index (χ4v) is 4.47. The van der Waals surface area contributed by atoms with Crippen LogP contribution in [0.3, 0.4) is 0 Å². The van der Waals surface area contributed by atoms with Gasteiger partial charge < -0.3 is 24.3 Å². The van der Waals surface area contributed by atoms with E-state index in [-0.39, 0.29) is 0 Å². The predicted octanol–water partition coefficient (Wildman–Crippen LogP) is 6.31. The van der Waals surface area contributed by atoms with Gasteiger partial charge in [-0.3, -0.25) is 4.79 Å². The molecule has 37 heavy (non-hydrogen) atoms. The first-order chi connectivity index (χ1) is 18.2. The average Bonchev–Trinajstić information content (AvgIpc) is 3.58. The van der Waals surface area contributed by atoms with E-state index in [0.717, 1.165) is 54.0 Å². The van der Waals surface area contributed by atoms with Crippen LogP contribution in [0.15, 0.2) is 42.5 Å². The number of benzene rings is 2. The minimum atomic E-state index is 0.640. The van der Waals surface area contributed by atoms with E-state index in [1.54, 1.807) is 7.11 Å². The molecule has 1 N–H and O–H groups in total. The molecule has 1 saturated heterocycles. The zero-order chi connectivity index (χ0) is 27.0. The van der Waals surface area contributed by atoms with Crippen molar-refractivity contribution in [2.24, 2.45) is 0 Å². The number of likely N-dealkylation sites (tertiary alicyclic amines) is 1. The van der Waals surface area contributed by atoms with Crippen LogP contribution >= 0.6 is 0 Å². The van der Waals surface area contributed by atoms with Gasteiger partial charge in [0.1, 0.15) is 11.8 Å². The molecule has 1 aromatic heterocycles. The Morgan fingerprint density at radius 3 is 2.46 bits per heavy atom. The maximum absolute atomic E-state index is 10.8. The molecule has 0 bridgehead atoms. The van der Waals surface area contributed by atoms with Gasteiger partial charge >= 0.3 is 0 Å². The third-order valence-corrected chi connectivity index (χ3v) is 6.20. The smallest absolute Gasteiger partial charge is 0.211 e. The van der Waals surface area contributed by atoms with Gasteiger partial charge in [-0.2, -0.15) is 5.26 Å². The summed E-state index contributed by atoms with van der Waals surface area (Å²) in [6, 6.07) is 15.9. The molecule has 2 aromatic carbocycles. The monoisotopic (exact) mass is 506 g/mol. The molecule has 1 amide bonds. The maximum atomic E-state index is 10.8. The summed E-state index contributed by atoms with van der Waals surface area (Å²) in [5.74, 6) is 0.827. The van der Waals surface area contributed by atoms with Crippen LogP contribution < -0.4 is 10.1 Å². The first kappa shape index (κ1) is 29.9. The van der Waals surface area contributed by atoms with Crippen molar-refractivity contribution in [3.8, 4) is 23.1 Å². The number of anilines is 1. The Labute approximate surface area is 222 Å². The Balaban J connectivity index is 0.000000733. The zero-order valence-corrected chi connectivity index (χ0v) is 23.0.